The molecule has 0 saturated carbocycles. The summed E-state index contributed by atoms with van der Waals surface area (Å²) in [6.45, 7) is 2.39. The predicted octanol–water partition coefficient (Wildman–Crippen LogP) is 5.49. The van der Waals surface area contributed by atoms with Crippen LogP contribution >= 0.6 is 11.8 Å². The van der Waals surface area contributed by atoms with E-state index in [9.17, 15) is 45.8 Å². The van der Waals surface area contributed by atoms with E-state index in [-0.39, 0.29) is 23.4 Å². The third-order valence-electron chi connectivity index (χ3n) is 7.86. The number of aliphatic hydroxyl groups is 1. The Balaban J connectivity index is 1.51. The molecule has 0 aliphatic carbocycles. The largest absolute Gasteiger partial charge is 0.416 e. The van der Waals surface area contributed by atoms with Gasteiger partial charge in [0.05, 0.1) is 23.0 Å². The molecule has 258 valence electrons. The number of nitrogens with one attached hydrogen (secondary N) is 3. The van der Waals surface area contributed by atoms with Crippen LogP contribution in [-0.4, -0.2) is 56.7 Å². The summed E-state index contributed by atoms with van der Waals surface area (Å²) >= 11 is 1.22. The van der Waals surface area contributed by atoms with Crippen LogP contribution in [0.1, 0.15) is 41.7 Å². The van der Waals surface area contributed by atoms with Crippen LogP contribution in [-0.2, 0) is 41.5 Å². The quantitative estimate of drug-likeness (QED) is 0.210. The average Bonchev–Trinajstić information content (AvgIpc) is 3.36. The van der Waals surface area contributed by atoms with Gasteiger partial charge >= 0.3 is 18.4 Å². The minimum Gasteiger partial charge on any atom is -0.381 e. The van der Waals surface area contributed by atoms with Gasteiger partial charge in [0, 0.05) is 17.8 Å². The van der Waals surface area contributed by atoms with Gasteiger partial charge in [0.15, 0.2) is 6.10 Å². The number of carbonyl (C=O) groups is 3. The van der Waals surface area contributed by atoms with Gasteiger partial charge in [-0.3, -0.25) is 9.59 Å². The number of amides is 4. The molecule has 4 amide bonds. The molecule has 1 aliphatic heterocycles. The average molecular weight is 697 g/mol. The second-order valence-corrected chi connectivity index (χ2v) is 13.3. The number of hydrogen-bond acceptors (Lipinski definition) is 5. The van der Waals surface area contributed by atoms with Crippen molar-refractivity contribution in [2.45, 2.75) is 68.6 Å². The van der Waals surface area contributed by atoms with Crippen LogP contribution in [0.4, 0.5) is 31.1 Å². The van der Waals surface area contributed by atoms with E-state index in [1.807, 2.05) is 0 Å². The number of aliphatic hydroxyl groups excluding tert-OH is 1. The van der Waals surface area contributed by atoms with E-state index >= 15 is 0 Å². The smallest absolute Gasteiger partial charge is 0.381 e. The van der Waals surface area contributed by atoms with Gasteiger partial charge in [-0.25, -0.2) is 4.79 Å². The number of benzene rings is 3. The SMILES string of the molecule is CC1(C)SCN(C(=O)[C@@H](O)[C@H](Cc2ccccc2)NC(=O)NCc2ccccc2C(F)(F)F)C1C(=O)NCc1ccccc1C(F)(F)F. The van der Waals surface area contributed by atoms with Gasteiger partial charge in [0.1, 0.15) is 6.04 Å². The van der Waals surface area contributed by atoms with Crippen molar-refractivity contribution in [2.24, 2.45) is 0 Å². The molecule has 1 unspecified atom stereocenters. The Labute approximate surface area is 277 Å². The van der Waals surface area contributed by atoms with Crippen molar-refractivity contribution >= 4 is 29.6 Å². The molecule has 0 radical (unpaired) electrons. The van der Waals surface area contributed by atoms with Crippen LogP contribution < -0.4 is 16.0 Å². The van der Waals surface area contributed by atoms with Crippen LogP contribution in [0.2, 0.25) is 0 Å². The first-order valence-corrected chi connectivity index (χ1v) is 15.8. The first-order chi connectivity index (χ1) is 22.5. The highest BCUT2D eigenvalue weighted by atomic mass is 32.2. The Hall–Kier alpha value is -4.24. The van der Waals surface area contributed by atoms with Gasteiger partial charge in [0.25, 0.3) is 5.91 Å². The highest BCUT2D eigenvalue weighted by Crippen LogP contribution is 2.40. The molecule has 0 aromatic heterocycles. The minimum absolute atomic E-state index is 0.0431. The lowest BCUT2D eigenvalue weighted by Crippen LogP contribution is -2.59. The zero-order valence-electron chi connectivity index (χ0n) is 25.9. The van der Waals surface area contributed by atoms with Gasteiger partial charge < -0.3 is 26.0 Å². The molecule has 3 aromatic rings. The Bertz CT molecular complexity index is 1600. The molecule has 4 N–H and O–H groups in total. The fraction of sp³-hybridized carbons (Fsp3) is 0.364. The molecule has 1 fully saturated rings. The summed E-state index contributed by atoms with van der Waals surface area (Å²) < 4.78 is 79.9. The molecular formula is C33H34F6N4O4S. The van der Waals surface area contributed by atoms with Crippen molar-refractivity contribution in [3.63, 3.8) is 0 Å². The second kappa shape index (κ2) is 14.9. The Morgan fingerprint density at radius 2 is 1.33 bits per heavy atom. The number of rotatable bonds is 10. The third-order valence-corrected chi connectivity index (χ3v) is 9.24. The molecule has 0 spiro atoms. The minimum atomic E-state index is -4.65. The van der Waals surface area contributed by atoms with Gasteiger partial charge in [0.2, 0.25) is 5.91 Å². The van der Waals surface area contributed by atoms with E-state index < -0.39 is 77.3 Å². The highest BCUT2D eigenvalue weighted by molar-refractivity contribution is 8.00. The Kier molecular flexibility index (Phi) is 11.4. The molecule has 1 aliphatic rings. The molecule has 8 nitrogen and oxygen atoms in total. The standard InChI is InChI=1S/C33H34F6N4O4S/c1-31(2)27(28(45)40-17-21-12-6-8-14-23(21)32(34,35)36)43(19-48-31)29(46)26(44)25(16-20-10-4-3-5-11-20)42-30(47)41-18-22-13-7-9-15-24(22)33(37,38)39/h3-15,25-27,44H,16-19H2,1-2H3,(H,40,45)(H2,41,42,47)/t25-,26-,27?/m0/s1. The number of hydrogen-bond donors (Lipinski definition) is 4. The normalized spacial score (nSPS) is 17.4. The number of carbonyl (C=O) groups excluding carboxylic acids is 3. The number of thioether (sulfide) groups is 1. The van der Waals surface area contributed by atoms with Crippen LogP contribution in [0.25, 0.3) is 0 Å². The fourth-order valence-corrected chi connectivity index (χ4v) is 6.58. The van der Waals surface area contributed by atoms with E-state index in [0.717, 1.165) is 17.0 Å². The summed E-state index contributed by atoms with van der Waals surface area (Å²) in [6, 6.07) is 14.5. The highest BCUT2D eigenvalue weighted by Gasteiger charge is 2.50. The summed E-state index contributed by atoms with van der Waals surface area (Å²) in [7, 11) is 0. The van der Waals surface area contributed by atoms with Crippen molar-refractivity contribution in [3.8, 4) is 0 Å². The lowest BCUT2D eigenvalue weighted by Gasteiger charge is -2.33. The molecular weight excluding hydrogens is 662 g/mol. The van der Waals surface area contributed by atoms with Gasteiger partial charge in [-0.05, 0) is 49.1 Å². The van der Waals surface area contributed by atoms with E-state index in [4.69, 9.17) is 0 Å². The molecule has 3 atom stereocenters. The maximum Gasteiger partial charge on any atom is 0.416 e. The molecule has 15 heteroatoms. The van der Waals surface area contributed by atoms with Crippen molar-refractivity contribution in [2.75, 3.05) is 5.88 Å². The lowest BCUT2D eigenvalue weighted by atomic mass is 9.97. The fourth-order valence-electron chi connectivity index (χ4n) is 5.44. The Morgan fingerprint density at radius 3 is 1.88 bits per heavy atom. The summed E-state index contributed by atoms with van der Waals surface area (Å²) in [5, 5.41) is 18.7. The molecule has 0 bridgehead atoms. The molecule has 4 rings (SSSR count). The molecule has 1 saturated heterocycles. The van der Waals surface area contributed by atoms with E-state index in [2.05, 4.69) is 16.0 Å². The van der Waals surface area contributed by atoms with Crippen molar-refractivity contribution in [1.29, 1.82) is 0 Å². The Morgan fingerprint density at radius 1 is 0.833 bits per heavy atom. The van der Waals surface area contributed by atoms with Crippen molar-refractivity contribution in [3.05, 3.63) is 107 Å². The van der Waals surface area contributed by atoms with Crippen molar-refractivity contribution in [1.82, 2.24) is 20.9 Å². The maximum absolute atomic E-state index is 13.8. The number of urea groups is 1. The summed E-state index contributed by atoms with van der Waals surface area (Å²) in [4.78, 5) is 41.3. The van der Waals surface area contributed by atoms with Gasteiger partial charge in [-0.15, -0.1) is 11.8 Å². The number of halogens is 6. The van der Waals surface area contributed by atoms with Crippen LogP contribution in [0.5, 0.6) is 0 Å². The first-order valence-electron chi connectivity index (χ1n) is 14.8. The van der Waals surface area contributed by atoms with E-state index in [1.165, 1.54) is 48.2 Å². The predicted molar refractivity (Wildman–Crippen MR) is 167 cm³/mol. The van der Waals surface area contributed by atoms with E-state index in [1.54, 1.807) is 44.2 Å². The molecule has 3 aromatic carbocycles. The van der Waals surface area contributed by atoms with Crippen molar-refractivity contribution < 1.29 is 45.8 Å². The zero-order valence-corrected chi connectivity index (χ0v) is 26.7. The summed E-state index contributed by atoms with van der Waals surface area (Å²) in [5.74, 6) is -1.71. The number of alkyl halides is 6. The third kappa shape index (κ3) is 9.01. The molecule has 48 heavy (non-hydrogen) atoms. The second-order valence-electron chi connectivity index (χ2n) is 11.7. The van der Waals surface area contributed by atoms with Crippen LogP contribution in [0.15, 0.2) is 78.9 Å². The summed E-state index contributed by atoms with van der Waals surface area (Å²) in [5.41, 5.74) is -1.59. The van der Waals surface area contributed by atoms with Gasteiger partial charge in [-0.2, -0.15) is 26.3 Å². The topological polar surface area (TPSA) is 111 Å². The lowest BCUT2D eigenvalue weighted by molar-refractivity contribution is -0.147. The van der Waals surface area contributed by atoms with E-state index in [0.29, 0.717) is 5.56 Å². The summed E-state index contributed by atoms with van der Waals surface area (Å²) in [6.07, 6.45) is -11.3. The maximum atomic E-state index is 13.8. The zero-order chi connectivity index (χ0) is 35.3. The molecule has 1 heterocycles. The monoisotopic (exact) mass is 696 g/mol. The number of nitrogens with zero attached hydrogens (tertiary/aromatic N) is 1. The van der Waals surface area contributed by atoms with Crippen LogP contribution in [0, 0.1) is 0 Å². The van der Waals surface area contributed by atoms with Gasteiger partial charge in [-0.1, -0.05) is 66.7 Å². The van der Waals surface area contributed by atoms with Crippen LogP contribution in [0.3, 0.4) is 0 Å². The first kappa shape index (κ1) is 36.6.